The number of Topliss-reactive ketones (excluding diaryl/α,β-unsaturated/α-hetero) is 1. The Morgan fingerprint density at radius 2 is 1.23 bits per heavy atom. The molecular formula is C35H37F2O6S+. The van der Waals surface area contributed by atoms with E-state index in [1.807, 2.05) is 0 Å². The van der Waals surface area contributed by atoms with E-state index in [9.17, 15) is 28.3 Å². The molecule has 4 bridgehead atoms. The summed E-state index contributed by atoms with van der Waals surface area (Å²) in [7, 11) is -0.0146. The fourth-order valence-corrected chi connectivity index (χ4v) is 8.68. The van der Waals surface area contributed by atoms with E-state index in [0.29, 0.717) is 32.1 Å². The van der Waals surface area contributed by atoms with Crippen LogP contribution in [0.2, 0.25) is 0 Å². The van der Waals surface area contributed by atoms with Crippen LogP contribution < -0.4 is 0 Å². The van der Waals surface area contributed by atoms with E-state index >= 15 is 0 Å². The van der Waals surface area contributed by atoms with Gasteiger partial charge in [0.25, 0.3) is 0 Å². The normalized spacial score (nSPS) is 25.0. The molecule has 0 amide bonds. The molecule has 9 heteroatoms. The number of hydrogen-bond acceptors (Lipinski definition) is 6. The zero-order valence-corrected chi connectivity index (χ0v) is 25.6. The first-order valence-electron chi connectivity index (χ1n) is 14.8. The number of aliphatic hydroxyl groups is 1. The van der Waals surface area contributed by atoms with Gasteiger partial charge in [-0.3, -0.25) is 4.79 Å². The summed E-state index contributed by atoms with van der Waals surface area (Å²) < 4.78 is 35.5. The Hall–Kier alpha value is -3.56. The summed E-state index contributed by atoms with van der Waals surface area (Å²) in [6.45, 7) is 0.510. The Balaban J connectivity index is 0.000000181. The average Bonchev–Trinajstić information content (AvgIpc) is 2.99. The summed E-state index contributed by atoms with van der Waals surface area (Å²) in [5.41, 5.74) is -3.02. The largest absolute Gasteiger partial charge is 0.458 e. The molecule has 7 rings (SSSR count). The van der Waals surface area contributed by atoms with Gasteiger partial charge in [-0.1, -0.05) is 54.6 Å². The summed E-state index contributed by atoms with van der Waals surface area (Å²) in [5, 5.41) is 10.2. The minimum atomic E-state index is -3.71. The van der Waals surface area contributed by atoms with Gasteiger partial charge in [0, 0.05) is 18.8 Å². The van der Waals surface area contributed by atoms with Gasteiger partial charge in [0.1, 0.15) is 18.0 Å². The molecule has 0 spiro atoms. The number of benzene rings is 3. The number of ether oxygens (including phenoxy) is 2. The fourth-order valence-electron chi connectivity index (χ4n) is 6.58. The van der Waals surface area contributed by atoms with Crippen molar-refractivity contribution in [3.63, 3.8) is 0 Å². The van der Waals surface area contributed by atoms with Crippen molar-refractivity contribution >= 4 is 28.6 Å². The van der Waals surface area contributed by atoms with Crippen LogP contribution in [0.25, 0.3) is 0 Å². The fraction of sp³-hybridized carbons (Fsp3) is 0.400. The van der Waals surface area contributed by atoms with Crippen LogP contribution in [0.1, 0.15) is 46.0 Å². The molecule has 0 radical (unpaired) electrons. The smallest absolute Gasteiger partial charge is 0.376 e. The summed E-state index contributed by atoms with van der Waals surface area (Å²) in [6.07, 6.45) is 3.14. The van der Waals surface area contributed by atoms with Crippen LogP contribution in [0.5, 0.6) is 0 Å². The summed E-state index contributed by atoms with van der Waals surface area (Å²) in [5.74, 6) is -6.21. The molecule has 1 N–H and O–H groups in total. The zero-order valence-electron chi connectivity index (χ0n) is 24.8. The third kappa shape index (κ3) is 7.21. The molecule has 4 aliphatic carbocycles. The molecular weight excluding hydrogens is 586 g/mol. The van der Waals surface area contributed by atoms with Gasteiger partial charge < -0.3 is 14.6 Å². The highest BCUT2D eigenvalue weighted by molar-refractivity contribution is 7.97. The van der Waals surface area contributed by atoms with Crippen LogP contribution in [0.15, 0.2) is 106 Å². The van der Waals surface area contributed by atoms with E-state index < -0.39 is 35.7 Å². The van der Waals surface area contributed by atoms with Crippen molar-refractivity contribution in [2.24, 2.45) is 17.8 Å². The topological polar surface area (TPSA) is 89.9 Å². The van der Waals surface area contributed by atoms with E-state index in [2.05, 4.69) is 95.7 Å². The molecule has 3 unspecified atom stereocenters. The third-order valence-corrected chi connectivity index (χ3v) is 10.7. The van der Waals surface area contributed by atoms with Gasteiger partial charge in [-0.15, -0.1) is 0 Å². The van der Waals surface area contributed by atoms with E-state index in [4.69, 9.17) is 4.74 Å². The van der Waals surface area contributed by atoms with E-state index in [1.165, 1.54) is 14.7 Å². The molecule has 44 heavy (non-hydrogen) atoms. The number of carbonyl (C=O) groups excluding carboxylic acids is 3. The van der Waals surface area contributed by atoms with Gasteiger partial charge in [0.05, 0.1) is 10.9 Å². The second-order valence-electron chi connectivity index (χ2n) is 12.3. The number of rotatable bonds is 8. The highest BCUT2D eigenvalue weighted by atomic mass is 32.2. The summed E-state index contributed by atoms with van der Waals surface area (Å²) in [6, 6.07) is 32.2. The highest BCUT2D eigenvalue weighted by Gasteiger charge is 2.58. The van der Waals surface area contributed by atoms with Crippen molar-refractivity contribution < 1.29 is 37.7 Å². The molecule has 4 saturated carbocycles. The van der Waals surface area contributed by atoms with E-state index in [-0.39, 0.29) is 28.5 Å². The van der Waals surface area contributed by atoms with Gasteiger partial charge >= 0.3 is 17.9 Å². The Labute approximate surface area is 259 Å². The average molecular weight is 624 g/mol. The van der Waals surface area contributed by atoms with Gasteiger partial charge in [-0.2, -0.15) is 8.78 Å². The first kappa shape index (κ1) is 31.9. The number of ketones is 1. The van der Waals surface area contributed by atoms with Crippen molar-refractivity contribution in [3.05, 3.63) is 91.0 Å². The number of hydrogen-bond donors (Lipinski definition) is 1. The number of carbonyl (C=O) groups is 3. The van der Waals surface area contributed by atoms with Crippen LogP contribution in [0.4, 0.5) is 8.78 Å². The number of halogens is 2. The van der Waals surface area contributed by atoms with Crippen molar-refractivity contribution in [3.8, 4) is 0 Å². The molecule has 4 aliphatic rings. The van der Waals surface area contributed by atoms with Gasteiger partial charge in [0.15, 0.2) is 20.3 Å². The first-order chi connectivity index (χ1) is 20.9. The second kappa shape index (κ2) is 12.8. The number of esters is 2. The molecule has 232 valence electrons. The SMILES string of the molecule is CC(F)(F)C(=O)OCC(C)(O)C(=O)OC12CC3CC(C1)C(=O)C(C3)C2.c1ccc([S+](c2ccccc2)c2ccccc2)cc1. The Bertz CT molecular complexity index is 1350. The van der Waals surface area contributed by atoms with Crippen LogP contribution in [0.3, 0.4) is 0 Å². The second-order valence-corrected chi connectivity index (χ2v) is 14.3. The third-order valence-electron chi connectivity index (χ3n) is 8.47. The lowest BCUT2D eigenvalue weighted by molar-refractivity contribution is -0.209. The molecule has 3 atom stereocenters. The molecule has 6 nitrogen and oxygen atoms in total. The first-order valence-corrected chi connectivity index (χ1v) is 16.0. The molecule has 0 heterocycles. The van der Waals surface area contributed by atoms with Crippen molar-refractivity contribution in [2.45, 2.75) is 77.8 Å². The predicted octanol–water partition coefficient (Wildman–Crippen LogP) is 6.41. The lowest BCUT2D eigenvalue weighted by Gasteiger charge is -2.54. The Morgan fingerprint density at radius 3 is 1.64 bits per heavy atom. The minimum absolute atomic E-state index is 0.0146. The van der Waals surface area contributed by atoms with Crippen LogP contribution in [-0.2, 0) is 34.8 Å². The van der Waals surface area contributed by atoms with Gasteiger partial charge in [-0.05, 0) is 81.3 Å². The van der Waals surface area contributed by atoms with Gasteiger partial charge in [0.2, 0.25) is 0 Å². The van der Waals surface area contributed by atoms with Crippen LogP contribution in [-0.4, -0.2) is 46.6 Å². The van der Waals surface area contributed by atoms with E-state index in [1.54, 1.807) is 0 Å². The lowest BCUT2D eigenvalue weighted by Crippen LogP contribution is -2.58. The lowest BCUT2D eigenvalue weighted by atomic mass is 9.53. The van der Waals surface area contributed by atoms with Crippen molar-refractivity contribution in [1.29, 1.82) is 0 Å². The maximum Gasteiger partial charge on any atom is 0.376 e. The van der Waals surface area contributed by atoms with Crippen LogP contribution >= 0.6 is 0 Å². The molecule has 0 saturated heterocycles. The quantitative estimate of drug-likeness (QED) is 0.231. The molecule has 0 aliphatic heterocycles. The minimum Gasteiger partial charge on any atom is -0.458 e. The molecule has 3 aromatic rings. The molecule has 0 aromatic heterocycles. The monoisotopic (exact) mass is 623 g/mol. The van der Waals surface area contributed by atoms with Crippen molar-refractivity contribution in [2.75, 3.05) is 6.61 Å². The zero-order chi connectivity index (χ0) is 31.5. The standard InChI is InChI=1S/C18H15S.C17H22F2O6/c1-4-10-16(11-5-1)19(17-12-6-2-7-13-17)18-14-8-3-9-15-18;1-15(23,8-24-14(22)16(2,18)19)13(21)25-17-5-9-3-10(6-17)12(20)11(4-9)7-17/h1-15H;9-11,23H,3-8H2,1-2H3/q+1;. The summed E-state index contributed by atoms with van der Waals surface area (Å²) in [4.78, 5) is 39.7. The van der Waals surface area contributed by atoms with Crippen molar-refractivity contribution in [1.82, 2.24) is 0 Å². The van der Waals surface area contributed by atoms with E-state index in [0.717, 1.165) is 19.8 Å². The predicted molar refractivity (Wildman–Crippen MR) is 161 cm³/mol. The van der Waals surface area contributed by atoms with Crippen LogP contribution in [0, 0.1) is 17.8 Å². The summed E-state index contributed by atoms with van der Waals surface area (Å²) >= 11 is 0. The van der Waals surface area contributed by atoms with Gasteiger partial charge in [-0.25, -0.2) is 9.59 Å². The molecule has 3 aromatic carbocycles. The maximum atomic E-state index is 12.8. The number of alkyl halides is 2. The highest BCUT2D eigenvalue weighted by Crippen LogP contribution is 2.55. The molecule has 4 fully saturated rings. The Morgan fingerprint density at radius 1 is 0.795 bits per heavy atom. The maximum absolute atomic E-state index is 12.8. The Kier molecular flexibility index (Phi) is 9.28.